The van der Waals surface area contributed by atoms with Gasteiger partial charge >= 0.3 is 0 Å². The van der Waals surface area contributed by atoms with Crippen molar-refractivity contribution < 1.29 is 5.11 Å². The molecule has 3 heteroatoms. The van der Waals surface area contributed by atoms with E-state index in [1.165, 1.54) is 22.6 Å². The Morgan fingerprint density at radius 1 is 1.21 bits per heavy atom. The van der Waals surface area contributed by atoms with Gasteiger partial charge in [0.25, 0.3) is 0 Å². The van der Waals surface area contributed by atoms with E-state index in [9.17, 15) is 5.11 Å². The van der Waals surface area contributed by atoms with Crippen molar-refractivity contribution in [2.24, 2.45) is 0 Å². The molecule has 1 unspecified atom stereocenters. The SMILES string of the molecule is CCCCS/C(=C/C(O)CC)SCc1ccccc1. The van der Waals surface area contributed by atoms with Gasteiger partial charge in [0.2, 0.25) is 0 Å². The maximum Gasteiger partial charge on any atom is 0.0737 e. The Kier molecular flexibility index (Phi) is 9.14. The van der Waals surface area contributed by atoms with E-state index >= 15 is 0 Å². The lowest BCUT2D eigenvalue weighted by Gasteiger charge is -2.09. The lowest BCUT2D eigenvalue weighted by molar-refractivity contribution is 0.219. The molecule has 0 radical (unpaired) electrons. The predicted molar refractivity (Wildman–Crippen MR) is 89.5 cm³/mol. The lowest BCUT2D eigenvalue weighted by atomic mass is 10.2. The predicted octanol–water partition coefficient (Wildman–Crippen LogP) is 5.07. The van der Waals surface area contributed by atoms with Crippen LogP contribution in [0.5, 0.6) is 0 Å². The van der Waals surface area contributed by atoms with E-state index in [0.717, 1.165) is 17.9 Å². The molecule has 0 saturated heterocycles. The summed E-state index contributed by atoms with van der Waals surface area (Å²) < 4.78 is 1.26. The second-order valence-corrected chi connectivity index (χ2v) is 6.85. The molecule has 1 rings (SSSR count). The highest BCUT2D eigenvalue weighted by molar-refractivity contribution is 8.21. The number of hydrogen-bond donors (Lipinski definition) is 1. The molecule has 0 amide bonds. The molecule has 19 heavy (non-hydrogen) atoms. The minimum Gasteiger partial charge on any atom is -0.389 e. The zero-order valence-corrected chi connectivity index (χ0v) is 13.5. The molecule has 0 aliphatic carbocycles. The van der Waals surface area contributed by atoms with Crippen LogP contribution >= 0.6 is 23.5 Å². The van der Waals surface area contributed by atoms with Gasteiger partial charge < -0.3 is 5.11 Å². The Bertz CT molecular complexity index is 362. The van der Waals surface area contributed by atoms with Crippen LogP contribution in [0.25, 0.3) is 0 Å². The van der Waals surface area contributed by atoms with E-state index in [4.69, 9.17) is 0 Å². The molecule has 1 atom stereocenters. The molecule has 0 bridgehead atoms. The number of aliphatic hydroxyl groups is 1. The zero-order chi connectivity index (χ0) is 13.9. The summed E-state index contributed by atoms with van der Waals surface area (Å²) in [5.74, 6) is 2.11. The van der Waals surface area contributed by atoms with Crippen molar-refractivity contribution in [2.75, 3.05) is 5.75 Å². The van der Waals surface area contributed by atoms with E-state index in [0.29, 0.717) is 0 Å². The fourth-order valence-electron chi connectivity index (χ4n) is 1.46. The van der Waals surface area contributed by atoms with E-state index in [1.807, 2.05) is 42.6 Å². The van der Waals surface area contributed by atoms with Crippen LogP contribution in [0.15, 0.2) is 40.6 Å². The topological polar surface area (TPSA) is 20.2 Å². The minimum atomic E-state index is -0.313. The summed E-state index contributed by atoms with van der Waals surface area (Å²) in [6.07, 6.45) is 4.93. The van der Waals surface area contributed by atoms with Crippen LogP contribution in [-0.4, -0.2) is 17.0 Å². The lowest BCUT2D eigenvalue weighted by Crippen LogP contribution is -1.99. The molecule has 0 fully saturated rings. The highest BCUT2D eigenvalue weighted by Gasteiger charge is 2.04. The summed E-state index contributed by atoms with van der Waals surface area (Å²) in [6, 6.07) is 10.5. The minimum absolute atomic E-state index is 0.313. The van der Waals surface area contributed by atoms with E-state index in [2.05, 4.69) is 31.2 Å². The number of benzene rings is 1. The Balaban J connectivity index is 2.51. The second kappa shape index (κ2) is 10.4. The van der Waals surface area contributed by atoms with Gasteiger partial charge in [-0.25, -0.2) is 0 Å². The first-order chi connectivity index (χ1) is 9.26. The number of aliphatic hydroxyl groups excluding tert-OH is 1. The maximum absolute atomic E-state index is 9.78. The highest BCUT2D eigenvalue weighted by atomic mass is 32.2. The summed E-state index contributed by atoms with van der Waals surface area (Å²) in [6.45, 7) is 4.22. The second-order valence-electron chi connectivity index (χ2n) is 4.44. The molecule has 0 heterocycles. The van der Waals surface area contributed by atoms with Crippen molar-refractivity contribution in [3.05, 3.63) is 46.2 Å². The molecule has 106 valence electrons. The van der Waals surface area contributed by atoms with Crippen molar-refractivity contribution in [2.45, 2.75) is 45.0 Å². The third-order valence-corrected chi connectivity index (χ3v) is 5.23. The summed E-state index contributed by atoms with van der Waals surface area (Å²) in [5.41, 5.74) is 1.33. The summed E-state index contributed by atoms with van der Waals surface area (Å²) in [5, 5.41) is 9.78. The molecular weight excluding hydrogens is 272 g/mol. The van der Waals surface area contributed by atoms with Crippen LogP contribution in [0.1, 0.15) is 38.7 Å². The average molecular weight is 297 g/mol. The maximum atomic E-state index is 9.78. The van der Waals surface area contributed by atoms with Gasteiger partial charge in [-0.05, 0) is 30.2 Å². The van der Waals surface area contributed by atoms with Gasteiger partial charge in [0, 0.05) is 9.99 Å². The molecule has 0 aliphatic rings. The van der Waals surface area contributed by atoms with Gasteiger partial charge in [-0.3, -0.25) is 0 Å². The molecule has 0 aromatic heterocycles. The molecule has 1 N–H and O–H groups in total. The first-order valence-electron chi connectivity index (χ1n) is 6.95. The molecule has 0 saturated carbocycles. The summed E-state index contributed by atoms with van der Waals surface area (Å²) in [4.78, 5) is 0. The smallest absolute Gasteiger partial charge is 0.0737 e. The third kappa shape index (κ3) is 7.71. The molecule has 0 aliphatic heterocycles. The van der Waals surface area contributed by atoms with Crippen molar-refractivity contribution in [1.29, 1.82) is 0 Å². The van der Waals surface area contributed by atoms with Crippen molar-refractivity contribution >= 4 is 23.5 Å². The third-order valence-electron chi connectivity index (χ3n) is 2.71. The van der Waals surface area contributed by atoms with Crippen LogP contribution in [-0.2, 0) is 5.75 Å². The molecule has 1 aromatic carbocycles. The fraction of sp³-hybridized carbons (Fsp3) is 0.500. The first-order valence-corrected chi connectivity index (χ1v) is 8.92. The van der Waals surface area contributed by atoms with Crippen LogP contribution in [0, 0.1) is 0 Å². The first kappa shape index (κ1) is 16.7. The van der Waals surface area contributed by atoms with Crippen molar-refractivity contribution in [1.82, 2.24) is 0 Å². The Morgan fingerprint density at radius 2 is 1.95 bits per heavy atom. The van der Waals surface area contributed by atoms with Crippen molar-refractivity contribution in [3.8, 4) is 0 Å². The van der Waals surface area contributed by atoms with Crippen LogP contribution in [0.4, 0.5) is 0 Å². The van der Waals surface area contributed by atoms with E-state index in [1.54, 1.807) is 0 Å². The fourth-order valence-corrected chi connectivity index (χ4v) is 3.86. The number of hydrogen-bond acceptors (Lipinski definition) is 3. The van der Waals surface area contributed by atoms with Crippen LogP contribution in [0.3, 0.4) is 0 Å². The average Bonchev–Trinajstić information content (AvgIpc) is 2.45. The van der Waals surface area contributed by atoms with Gasteiger partial charge in [-0.1, -0.05) is 50.6 Å². The molecular formula is C16H24OS2. The van der Waals surface area contributed by atoms with Gasteiger partial charge in [0.05, 0.1) is 6.10 Å². The Morgan fingerprint density at radius 3 is 2.58 bits per heavy atom. The number of rotatable bonds is 9. The zero-order valence-electron chi connectivity index (χ0n) is 11.8. The Labute approximate surface area is 125 Å². The quantitative estimate of drug-likeness (QED) is 0.643. The normalized spacial score (nSPS) is 13.5. The largest absolute Gasteiger partial charge is 0.389 e. The van der Waals surface area contributed by atoms with Gasteiger partial charge in [-0.15, -0.1) is 23.5 Å². The molecule has 0 spiro atoms. The summed E-state index contributed by atoms with van der Waals surface area (Å²) in [7, 11) is 0. The molecule has 1 aromatic rings. The van der Waals surface area contributed by atoms with Crippen LogP contribution in [0.2, 0.25) is 0 Å². The molecule has 1 nitrogen and oxygen atoms in total. The van der Waals surface area contributed by atoms with Crippen LogP contribution < -0.4 is 0 Å². The monoisotopic (exact) mass is 296 g/mol. The number of thioether (sulfide) groups is 2. The summed E-state index contributed by atoms with van der Waals surface area (Å²) >= 11 is 3.71. The standard InChI is InChI=1S/C16H24OS2/c1-3-5-11-18-16(12-15(17)4-2)19-13-14-9-7-6-8-10-14/h6-10,12,15,17H,3-5,11,13H2,1-2H3/b16-12-. The Hall–Kier alpha value is -0.380. The highest BCUT2D eigenvalue weighted by Crippen LogP contribution is 2.32. The van der Waals surface area contributed by atoms with Gasteiger partial charge in [0.1, 0.15) is 0 Å². The van der Waals surface area contributed by atoms with Crippen molar-refractivity contribution in [3.63, 3.8) is 0 Å². The van der Waals surface area contributed by atoms with E-state index < -0.39 is 0 Å². The van der Waals surface area contributed by atoms with Gasteiger partial charge in [-0.2, -0.15) is 0 Å². The number of unbranched alkanes of at least 4 members (excludes halogenated alkanes) is 1. The van der Waals surface area contributed by atoms with Gasteiger partial charge in [0.15, 0.2) is 0 Å². The van der Waals surface area contributed by atoms with E-state index in [-0.39, 0.29) is 6.10 Å².